The molecule has 84 valence electrons. The summed E-state index contributed by atoms with van der Waals surface area (Å²) in [7, 11) is 0. The molecule has 0 aliphatic rings. The molecule has 0 aliphatic heterocycles. The highest BCUT2D eigenvalue weighted by Gasteiger charge is 2.13. The lowest BCUT2D eigenvalue weighted by Crippen LogP contribution is -2.32. The monoisotopic (exact) mass is 275 g/mol. The average Bonchev–Trinajstić information content (AvgIpc) is 2.21. The zero-order valence-corrected chi connectivity index (χ0v) is 10.4. The number of rotatable bonds is 4. The third kappa shape index (κ3) is 3.55. The molecule has 2 nitrogen and oxygen atoms in total. The number of hydrogen-bond acceptors (Lipinski definition) is 2. The van der Waals surface area contributed by atoms with Crippen LogP contribution in [0.3, 0.4) is 0 Å². The first-order valence-electron chi connectivity index (χ1n) is 4.86. The van der Waals surface area contributed by atoms with E-state index in [1.54, 1.807) is 12.1 Å². The first kappa shape index (κ1) is 12.6. The summed E-state index contributed by atoms with van der Waals surface area (Å²) >= 11 is 3.30. The van der Waals surface area contributed by atoms with Crippen molar-refractivity contribution >= 4 is 15.9 Å². The van der Waals surface area contributed by atoms with Crippen LogP contribution in [-0.2, 0) is 0 Å². The molecule has 15 heavy (non-hydrogen) atoms. The average molecular weight is 276 g/mol. The lowest BCUT2D eigenvalue weighted by atomic mass is 10.1. The summed E-state index contributed by atoms with van der Waals surface area (Å²) in [5, 5.41) is 12.0. The minimum atomic E-state index is -0.233. The fourth-order valence-corrected chi connectivity index (χ4v) is 1.79. The highest BCUT2D eigenvalue weighted by Crippen LogP contribution is 2.21. The molecule has 0 radical (unpaired) electrons. The Morgan fingerprint density at radius 1 is 1.47 bits per heavy atom. The summed E-state index contributed by atoms with van der Waals surface area (Å²) in [4.78, 5) is 0. The molecular weight excluding hydrogens is 261 g/mol. The molecular formula is C11H15BrFNO. The van der Waals surface area contributed by atoms with E-state index in [0.29, 0.717) is 5.56 Å². The second-order valence-electron chi connectivity index (χ2n) is 3.64. The maximum atomic E-state index is 13.5. The van der Waals surface area contributed by atoms with Gasteiger partial charge in [-0.05, 0) is 32.0 Å². The molecule has 1 aromatic carbocycles. The van der Waals surface area contributed by atoms with Crippen LogP contribution < -0.4 is 5.32 Å². The molecule has 0 aliphatic carbocycles. The number of aliphatic hydroxyl groups excluding tert-OH is 1. The largest absolute Gasteiger partial charge is 0.395 e. The maximum Gasteiger partial charge on any atom is 0.128 e. The Morgan fingerprint density at radius 3 is 2.73 bits per heavy atom. The van der Waals surface area contributed by atoms with Crippen molar-refractivity contribution in [2.45, 2.75) is 25.9 Å². The van der Waals surface area contributed by atoms with Gasteiger partial charge in [-0.15, -0.1) is 0 Å². The van der Waals surface area contributed by atoms with Crippen molar-refractivity contribution in [2.75, 3.05) is 6.61 Å². The zero-order chi connectivity index (χ0) is 11.4. The Bertz CT molecular complexity index is 332. The molecule has 1 aromatic rings. The number of hydrogen-bond donors (Lipinski definition) is 2. The molecule has 0 bridgehead atoms. The Morgan fingerprint density at radius 2 is 2.13 bits per heavy atom. The topological polar surface area (TPSA) is 32.3 Å². The van der Waals surface area contributed by atoms with Gasteiger partial charge >= 0.3 is 0 Å². The predicted octanol–water partition coefficient (Wildman–Crippen LogP) is 2.62. The van der Waals surface area contributed by atoms with Crippen LogP contribution in [0, 0.1) is 5.82 Å². The first-order chi connectivity index (χ1) is 7.04. The van der Waals surface area contributed by atoms with E-state index in [2.05, 4.69) is 21.2 Å². The van der Waals surface area contributed by atoms with Crippen LogP contribution >= 0.6 is 15.9 Å². The Labute approximate surface area is 97.6 Å². The summed E-state index contributed by atoms with van der Waals surface area (Å²) in [5.74, 6) is -0.233. The fraction of sp³-hybridized carbons (Fsp3) is 0.455. The molecule has 0 saturated carbocycles. The molecule has 4 heteroatoms. The summed E-state index contributed by atoms with van der Waals surface area (Å²) in [6.07, 6.45) is 0. The van der Waals surface area contributed by atoms with Gasteiger partial charge in [0.2, 0.25) is 0 Å². The van der Waals surface area contributed by atoms with Gasteiger partial charge in [0, 0.05) is 22.1 Å². The van der Waals surface area contributed by atoms with Gasteiger partial charge in [0.1, 0.15) is 5.82 Å². The predicted molar refractivity (Wildman–Crippen MR) is 62.2 cm³/mol. The summed E-state index contributed by atoms with van der Waals surface area (Å²) < 4.78 is 14.3. The normalized spacial score (nSPS) is 15.0. The molecule has 0 aromatic heterocycles. The SMILES string of the molecule is CC(N[C@@H](C)CO)c1cc(Br)ccc1F. The van der Waals surface area contributed by atoms with E-state index in [4.69, 9.17) is 5.11 Å². The minimum absolute atomic E-state index is 0.0416. The highest BCUT2D eigenvalue weighted by molar-refractivity contribution is 9.10. The lowest BCUT2D eigenvalue weighted by Gasteiger charge is -2.19. The standard InChI is InChI=1S/C11H15BrFNO/c1-7(6-15)14-8(2)10-5-9(12)3-4-11(10)13/h3-5,7-8,14-15H,6H2,1-2H3/t7-,8?/m0/s1. The van der Waals surface area contributed by atoms with Gasteiger partial charge in [0.05, 0.1) is 6.61 Å². The zero-order valence-electron chi connectivity index (χ0n) is 8.80. The van der Waals surface area contributed by atoms with Crippen LogP contribution in [0.2, 0.25) is 0 Å². The summed E-state index contributed by atoms with van der Waals surface area (Å²) in [6, 6.07) is 4.68. The van der Waals surface area contributed by atoms with Crippen LogP contribution in [0.15, 0.2) is 22.7 Å². The number of benzene rings is 1. The highest BCUT2D eigenvalue weighted by atomic mass is 79.9. The van der Waals surface area contributed by atoms with Crippen LogP contribution in [0.1, 0.15) is 25.5 Å². The second-order valence-corrected chi connectivity index (χ2v) is 4.55. The Hall–Kier alpha value is -0.450. The number of nitrogens with one attached hydrogen (secondary N) is 1. The van der Waals surface area contributed by atoms with Crippen molar-refractivity contribution in [3.63, 3.8) is 0 Å². The van der Waals surface area contributed by atoms with E-state index in [9.17, 15) is 4.39 Å². The fourth-order valence-electron chi connectivity index (χ4n) is 1.42. The molecule has 0 amide bonds. The van der Waals surface area contributed by atoms with Gasteiger partial charge in [0.25, 0.3) is 0 Å². The van der Waals surface area contributed by atoms with Crippen LogP contribution in [0.5, 0.6) is 0 Å². The molecule has 0 fully saturated rings. The van der Waals surface area contributed by atoms with Crippen molar-refractivity contribution < 1.29 is 9.50 Å². The Kier molecular flexibility index (Phi) is 4.70. The molecule has 2 N–H and O–H groups in total. The van der Waals surface area contributed by atoms with Crippen molar-refractivity contribution in [1.82, 2.24) is 5.32 Å². The van der Waals surface area contributed by atoms with E-state index < -0.39 is 0 Å². The third-order valence-electron chi connectivity index (χ3n) is 2.23. The van der Waals surface area contributed by atoms with Crippen molar-refractivity contribution in [2.24, 2.45) is 0 Å². The summed E-state index contributed by atoms with van der Waals surface area (Å²) in [5.41, 5.74) is 0.602. The lowest BCUT2D eigenvalue weighted by molar-refractivity contribution is 0.242. The van der Waals surface area contributed by atoms with E-state index in [1.807, 2.05) is 13.8 Å². The molecule has 0 heterocycles. The number of halogens is 2. The smallest absolute Gasteiger partial charge is 0.128 e. The Balaban J connectivity index is 2.80. The van der Waals surface area contributed by atoms with Crippen molar-refractivity contribution in [1.29, 1.82) is 0 Å². The molecule has 0 saturated heterocycles. The van der Waals surface area contributed by atoms with Gasteiger partial charge < -0.3 is 10.4 Å². The molecule has 1 rings (SSSR count). The van der Waals surface area contributed by atoms with Crippen LogP contribution in [-0.4, -0.2) is 17.8 Å². The molecule has 2 atom stereocenters. The van der Waals surface area contributed by atoms with Gasteiger partial charge in [0.15, 0.2) is 0 Å². The van der Waals surface area contributed by atoms with Crippen LogP contribution in [0.25, 0.3) is 0 Å². The van der Waals surface area contributed by atoms with E-state index in [-0.39, 0.29) is 24.5 Å². The number of aliphatic hydroxyl groups is 1. The third-order valence-corrected chi connectivity index (χ3v) is 2.73. The molecule has 1 unspecified atom stereocenters. The van der Waals surface area contributed by atoms with Crippen molar-refractivity contribution in [3.8, 4) is 0 Å². The maximum absolute atomic E-state index is 13.5. The molecule has 0 spiro atoms. The van der Waals surface area contributed by atoms with E-state index in [0.717, 1.165) is 4.47 Å². The van der Waals surface area contributed by atoms with Crippen molar-refractivity contribution in [3.05, 3.63) is 34.1 Å². The second kappa shape index (κ2) is 5.58. The summed E-state index contributed by atoms with van der Waals surface area (Å²) in [6.45, 7) is 3.77. The van der Waals surface area contributed by atoms with E-state index in [1.165, 1.54) is 6.07 Å². The quantitative estimate of drug-likeness (QED) is 0.886. The van der Waals surface area contributed by atoms with Crippen LogP contribution in [0.4, 0.5) is 4.39 Å². The van der Waals surface area contributed by atoms with Gasteiger partial charge in [-0.3, -0.25) is 0 Å². The van der Waals surface area contributed by atoms with Gasteiger partial charge in [-0.2, -0.15) is 0 Å². The van der Waals surface area contributed by atoms with Gasteiger partial charge in [-0.1, -0.05) is 15.9 Å². The van der Waals surface area contributed by atoms with Gasteiger partial charge in [-0.25, -0.2) is 4.39 Å². The van der Waals surface area contributed by atoms with E-state index >= 15 is 0 Å². The first-order valence-corrected chi connectivity index (χ1v) is 5.65. The minimum Gasteiger partial charge on any atom is -0.395 e.